The van der Waals surface area contributed by atoms with E-state index in [0.717, 1.165) is 17.1 Å². The Morgan fingerprint density at radius 1 is 1.11 bits per heavy atom. The largest absolute Gasteiger partial charge is 0.458 e. The molecule has 0 spiro atoms. The number of aromatic nitrogens is 4. The summed E-state index contributed by atoms with van der Waals surface area (Å²) in [5, 5.41) is 13.3. The number of hydrogen-bond donors (Lipinski definition) is 2. The highest BCUT2D eigenvalue weighted by Gasteiger charge is 2.26. The molecular weight excluding hydrogens is 485 g/mol. The molecule has 9 heteroatoms. The van der Waals surface area contributed by atoms with Crippen molar-refractivity contribution in [2.45, 2.75) is 44.8 Å². The molecule has 1 aliphatic heterocycles. The number of para-hydroxylation sites is 1. The minimum atomic E-state index is -0.749. The lowest BCUT2D eigenvalue weighted by Crippen LogP contribution is -2.31. The quantitative estimate of drug-likeness (QED) is 0.312. The molecule has 0 saturated carbocycles. The number of esters is 1. The molecule has 194 valence electrons. The zero-order chi connectivity index (χ0) is 26.6. The van der Waals surface area contributed by atoms with Crippen LogP contribution in [0.5, 0.6) is 0 Å². The number of hydrogen-bond acceptors (Lipinski definition) is 7. The van der Waals surface area contributed by atoms with Crippen molar-refractivity contribution < 1.29 is 19.0 Å². The molecule has 38 heavy (non-hydrogen) atoms. The summed E-state index contributed by atoms with van der Waals surface area (Å²) in [6, 6.07) is 17.6. The fraction of sp³-hybridized carbons (Fsp3) is 0.241. The summed E-state index contributed by atoms with van der Waals surface area (Å²) in [5.74, 6) is 0.400. The smallest absolute Gasteiger partial charge is 0.309 e. The maximum Gasteiger partial charge on any atom is 0.309 e. The Labute approximate surface area is 219 Å². The second-order valence-corrected chi connectivity index (χ2v) is 9.42. The molecule has 0 bridgehead atoms. The van der Waals surface area contributed by atoms with Gasteiger partial charge in [-0.2, -0.15) is 0 Å². The average molecular weight is 514 g/mol. The van der Waals surface area contributed by atoms with Crippen molar-refractivity contribution in [3.8, 4) is 22.6 Å². The molecular formula is C29H28FN5O3. The summed E-state index contributed by atoms with van der Waals surface area (Å²) < 4.78 is 21.1. The Hall–Kier alpha value is -4.37. The lowest BCUT2D eigenvalue weighted by Gasteiger charge is -2.23. The number of aliphatic hydroxyl groups is 1. The van der Waals surface area contributed by atoms with Crippen LogP contribution in [-0.2, 0) is 9.53 Å². The molecule has 0 aliphatic carbocycles. The number of aliphatic hydroxyl groups excluding tert-OH is 1. The number of rotatable bonds is 7. The molecule has 2 aromatic heterocycles. The number of anilines is 2. The van der Waals surface area contributed by atoms with E-state index in [0.29, 0.717) is 29.5 Å². The molecule has 0 unspecified atom stereocenters. The Morgan fingerprint density at radius 3 is 2.58 bits per heavy atom. The number of benzene rings is 2. The third kappa shape index (κ3) is 5.63. The van der Waals surface area contributed by atoms with E-state index in [1.807, 2.05) is 48.7 Å². The molecule has 2 N–H and O–H groups in total. The van der Waals surface area contributed by atoms with Gasteiger partial charge >= 0.3 is 5.97 Å². The van der Waals surface area contributed by atoms with Crippen LogP contribution in [0, 0.1) is 5.82 Å². The van der Waals surface area contributed by atoms with E-state index in [-0.39, 0.29) is 18.2 Å². The molecule has 1 saturated heterocycles. The first kappa shape index (κ1) is 25.3. The molecule has 3 heterocycles. The Morgan fingerprint density at radius 2 is 1.87 bits per heavy atom. The molecule has 2 aromatic carbocycles. The highest BCUT2D eigenvalue weighted by molar-refractivity contribution is 5.79. The molecule has 2 atom stereocenters. The van der Waals surface area contributed by atoms with Crippen molar-refractivity contribution >= 4 is 23.8 Å². The van der Waals surface area contributed by atoms with Crippen LogP contribution in [0.3, 0.4) is 0 Å². The van der Waals surface area contributed by atoms with E-state index in [4.69, 9.17) is 14.7 Å². The van der Waals surface area contributed by atoms with Gasteiger partial charge in [-0.15, -0.1) is 0 Å². The number of nitrogens with one attached hydrogen (secondary N) is 1. The monoisotopic (exact) mass is 513 g/mol. The van der Waals surface area contributed by atoms with Gasteiger partial charge in [-0.25, -0.2) is 19.3 Å². The van der Waals surface area contributed by atoms with Crippen LogP contribution in [0.4, 0.5) is 16.0 Å². The fourth-order valence-electron chi connectivity index (χ4n) is 4.37. The SMILES string of the molecule is CC(C)c1nc(-c2ccc(F)cc2)c(-c2ccnc(Nc3ccccc3)n2)n1/C=C/[C@H]1C[C@H](O)CC(=O)O1. The van der Waals surface area contributed by atoms with Crippen LogP contribution in [0.1, 0.15) is 38.4 Å². The highest BCUT2D eigenvalue weighted by atomic mass is 19.1. The Balaban J connectivity index is 1.63. The van der Waals surface area contributed by atoms with Gasteiger partial charge in [0.25, 0.3) is 0 Å². The van der Waals surface area contributed by atoms with Crippen LogP contribution in [0.15, 0.2) is 72.9 Å². The van der Waals surface area contributed by atoms with Gasteiger partial charge in [0.15, 0.2) is 0 Å². The van der Waals surface area contributed by atoms with Crippen LogP contribution in [0.2, 0.25) is 0 Å². The average Bonchev–Trinajstić information content (AvgIpc) is 3.28. The normalized spacial score (nSPS) is 17.7. The van der Waals surface area contributed by atoms with Gasteiger partial charge in [0.2, 0.25) is 5.95 Å². The number of halogens is 1. The Bertz CT molecular complexity index is 1450. The highest BCUT2D eigenvalue weighted by Crippen LogP contribution is 2.35. The van der Waals surface area contributed by atoms with Crippen molar-refractivity contribution in [2.75, 3.05) is 5.32 Å². The summed E-state index contributed by atoms with van der Waals surface area (Å²) >= 11 is 0. The first-order valence-electron chi connectivity index (χ1n) is 12.5. The van der Waals surface area contributed by atoms with Crippen LogP contribution in [0.25, 0.3) is 28.8 Å². The molecule has 8 nitrogen and oxygen atoms in total. The summed E-state index contributed by atoms with van der Waals surface area (Å²) in [5.41, 5.74) is 3.48. The van der Waals surface area contributed by atoms with E-state index in [2.05, 4.69) is 10.3 Å². The predicted octanol–water partition coefficient (Wildman–Crippen LogP) is 5.55. The summed E-state index contributed by atoms with van der Waals surface area (Å²) in [6.07, 6.45) is 4.19. The second kappa shape index (κ2) is 10.9. The Kier molecular flexibility index (Phi) is 7.28. The van der Waals surface area contributed by atoms with Crippen molar-refractivity contribution in [2.24, 2.45) is 0 Å². The van der Waals surface area contributed by atoms with Crippen molar-refractivity contribution in [1.82, 2.24) is 19.5 Å². The lowest BCUT2D eigenvalue weighted by atomic mass is 10.1. The van der Waals surface area contributed by atoms with Gasteiger partial charge < -0.3 is 19.7 Å². The van der Waals surface area contributed by atoms with E-state index < -0.39 is 18.2 Å². The van der Waals surface area contributed by atoms with Crippen LogP contribution >= 0.6 is 0 Å². The molecule has 1 fully saturated rings. The lowest BCUT2D eigenvalue weighted by molar-refractivity contribution is -0.156. The third-order valence-electron chi connectivity index (χ3n) is 6.14. The number of imidazole rings is 1. The van der Waals surface area contributed by atoms with Crippen molar-refractivity contribution in [1.29, 1.82) is 0 Å². The number of nitrogens with zero attached hydrogens (tertiary/aromatic N) is 4. The standard InChI is InChI=1S/C29H28FN5O3/c1-18(2)28-34-26(19-8-10-20(30)11-9-19)27(35(28)15-13-23-16-22(36)17-25(37)38-23)24-12-14-31-29(33-24)32-21-6-4-3-5-7-21/h3-15,18,22-23,36H,16-17H2,1-2H3,(H,31,32,33)/b15-13+/t22-,23-/m0/s1. The zero-order valence-electron chi connectivity index (χ0n) is 21.1. The number of ether oxygens (including phenoxy) is 1. The van der Waals surface area contributed by atoms with Crippen LogP contribution < -0.4 is 5.32 Å². The number of carbonyl (C=O) groups is 1. The van der Waals surface area contributed by atoms with Gasteiger partial charge in [0.1, 0.15) is 17.7 Å². The topological polar surface area (TPSA) is 102 Å². The van der Waals surface area contributed by atoms with Gasteiger partial charge in [-0.1, -0.05) is 32.0 Å². The summed E-state index contributed by atoms with van der Waals surface area (Å²) in [6.45, 7) is 4.05. The first-order chi connectivity index (χ1) is 18.4. The fourth-order valence-corrected chi connectivity index (χ4v) is 4.37. The first-order valence-corrected chi connectivity index (χ1v) is 12.5. The molecule has 1 aliphatic rings. The maximum absolute atomic E-state index is 13.8. The van der Waals surface area contributed by atoms with E-state index >= 15 is 0 Å². The number of cyclic esters (lactones) is 1. The zero-order valence-corrected chi connectivity index (χ0v) is 21.1. The van der Waals surface area contributed by atoms with Crippen molar-refractivity contribution in [3.63, 3.8) is 0 Å². The minimum absolute atomic E-state index is 0.00918. The number of carbonyl (C=O) groups excluding carboxylic acids is 1. The van der Waals surface area contributed by atoms with Crippen molar-refractivity contribution in [3.05, 3.63) is 84.6 Å². The van der Waals surface area contributed by atoms with E-state index in [1.54, 1.807) is 36.7 Å². The van der Waals surface area contributed by atoms with Crippen LogP contribution in [-0.4, -0.2) is 42.8 Å². The van der Waals surface area contributed by atoms with E-state index in [9.17, 15) is 14.3 Å². The molecule has 4 aromatic rings. The summed E-state index contributed by atoms with van der Waals surface area (Å²) in [7, 11) is 0. The van der Waals surface area contributed by atoms with Gasteiger partial charge in [-0.05, 0) is 48.5 Å². The summed E-state index contributed by atoms with van der Waals surface area (Å²) in [4.78, 5) is 26.0. The van der Waals surface area contributed by atoms with E-state index in [1.165, 1.54) is 12.1 Å². The molecule has 0 amide bonds. The second-order valence-electron chi connectivity index (χ2n) is 9.42. The van der Waals surface area contributed by atoms with Gasteiger partial charge in [0, 0.05) is 36.0 Å². The maximum atomic E-state index is 13.8. The van der Waals surface area contributed by atoms with Gasteiger partial charge in [-0.3, -0.25) is 4.79 Å². The third-order valence-corrected chi connectivity index (χ3v) is 6.14. The predicted molar refractivity (Wildman–Crippen MR) is 143 cm³/mol. The molecule has 0 radical (unpaired) electrons. The van der Waals surface area contributed by atoms with Gasteiger partial charge in [0.05, 0.1) is 29.6 Å². The minimum Gasteiger partial charge on any atom is -0.458 e. The molecule has 5 rings (SSSR count).